The summed E-state index contributed by atoms with van der Waals surface area (Å²) >= 11 is 0. The summed E-state index contributed by atoms with van der Waals surface area (Å²) in [7, 11) is 1.64. The van der Waals surface area contributed by atoms with Gasteiger partial charge in [-0.1, -0.05) is 42.5 Å². The number of rotatable bonds is 9. The first-order valence-corrected chi connectivity index (χ1v) is 8.77. The van der Waals surface area contributed by atoms with Gasteiger partial charge in [-0.15, -0.1) is 0 Å². The Morgan fingerprint density at radius 3 is 2.46 bits per heavy atom. The van der Waals surface area contributed by atoms with Gasteiger partial charge in [0.2, 0.25) is 11.8 Å². The monoisotopic (exact) mass is 354 g/mol. The predicted octanol–water partition coefficient (Wildman–Crippen LogP) is 2.79. The number of nitrogens with one attached hydrogen (secondary N) is 1. The standard InChI is InChI=1S/C21H26N2O3/c1-17(24)23(16-19-7-4-3-5-8-19)14-12-21(25)22-13-11-18-9-6-10-20(15-18)26-2/h3-10,15H,11-14,16H2,1-2H3,(H,22,25). The highest BCUT2D eigenvalue weighted by atomic mass is 16.5. The molecule has 2 rings (SSSR count). The Hall–Kier alpha value is -2.82. The van der Waals surface area contributed by atoms with Crippen LogP contribution in [0.5, 0.6) is 5.75 Å². The zero-order valence-electron chi connectivity index (χ0n) is 15.4. The summed E-state index contributed by atoms with van der Waals surface area (Å²) in [4.78, 5) is 25.6. The van der Waals surface area contributed by atoms with Gasteiger partial charge in [0.25, 0.3) is 0 Å². The van der Waals surface area contributed by atoms with Gasteiger partial charge < -0.3 is 15.0 Å². The van der Waals surface area contributed by atoms with Gasteiger partial charge in [-0.05, 0) is 29.7 Å². The van der Waals surface area contributed by atoms with Crippen LogP contribution in [0.15, 0.2) is 54.6 Å². The molecule has 5 heteroatoms. The molecule has 0 saturated heterocycles. The van der Waals surface area contributed by atoms with Crippen molar-refractivity contribution in [2.45, 2.75) is 26.3 Å². The molecule has 2 aromatic rings. The van der Waals surface area contributed by atoms with E-state index in [9.17, 15) is 9.59 Å². The lowest BCUT2D eigenvalue weighted by Gasteiger charge is -2.21. The van der Waals surface area contributed by atoms with Gasteiger partial charge in [0.1, 0.15) is 5.75 Å². The highest BCUT2D eigenvalue weighted by Crippen LogP contribution is 2.12. The molecule has 0 aromatic heterocycles. The molecular formula is C21H26N2O3. The minimum Gasteiger partial charge on any atom is -0.497 e. The van der Waals surface area contributed by atoms with E-state index in [0.29, 0.717) is 26.1 Å². The van der Waals surface area contributed by atoms with Crippen molar-refractivity contribution >= 4 is 11.8 Å². The van der Waals surface area contributed by atoms with E-state index in [2.05, 4.69) is 5.32 Å². The zero-order chi connectivity index (χ0) is 18.8. The third kappa shape index (κ3) is 6.59. The minimum atomic E-state index is -0.0489. The molecule has 0 bridgehead atoms. The van der Waals surface area contributed by atoms with Crippen LogP contribution < -0.4 is 10.1 Å². The Morgan fingerprint density at radius 2 is 1.77 bits per heavy atom. The molecule has 0 spiro atoms. The quantitative estimate of drug-likeness (QED) is 0.753. The van der Waals surface area contributed by atoms with Crippen molar-refractivity contribution in [3.8, 4) is 5.75 Å². The maximum atomic E-state index is 12.1. The normalized spacial score (nSPS) is 10.2. The molecule has 1 N–H and O–H groups in total. The fraction of sp³-hybridized carbons (Fsp3) is 0.333. The molecule has 138 valence electrons. The number of carbonyl (C=O) groups excluding carboxylic acids is 2. The molecule has 0 saturated carbocycles. The Kier molecular flexibility index (Phi) is 7.68. The highest BCUT2D eigenvalue weighted by molar-refractivity contribution is 5.78. The Morgan fingerprint density at radius 1 is 1.04 bits per heavy atom. The number of ether oxygens (including phenoxy) is 1. The van der Waals surface area contributed by atoms with Crippen LogP contribution in [-0.2, 0) is 22.6 Å². The van der Waals surface area contributed by atoms with Crippen LogP contribution in [0, 0.1) is 0 Å². The van der Waals surface area contributed by atoms with Crippen molar-refractivity contribution in [3.05, 3.63) is 65.7 Å². The van der Waals surface area contributed by atoms with Crippen LogP contribution in [0.2, 0.25) is 0 Å². The van der Waals surface area contributed by atoms with Gasteiger partial charge in [-0.25, -0.2) is 0 Å². The van der Waals surface area contributed by atoms with E-state index >= 15 is 0 Å². The minimum absolute atomic E-state index is 0.0296. The molecule has 26 heavy (non-hydrogen) atoms. The fourth-order valence-electron chi connectivity index (χ4n) is 2.65. The van der Waals surface area contributed by atoms with E-state index < -0.39 is 0 Å². The maximum absolute atomic E-state index is 12.1. The van der Waals surface area contributed by atoms with Crippen molar-refractivity contribution in [2.24, 2.45) is 0 Å². The summed E-state index contributed by atoms with van der Waals surface area (Å²) in [6, 6.07) is 17.6. The zero-order valence-corrected chi connectivity index (χ0v) is 15.4. The molecule has 2 amide bonds. The van der Waals surface area contributed by atoms with Crippen LogP contribution in [0.25, 0.3) is 0 Å². The van der Waals surface area contributed by atoms with Gasteiger partial charge in [-0.2, -0.15) is 0 Å². The molecule has 0 unspecified atom stereocenters. The van der Waals surface area contributed by atoms with E-state index in [-0.39, 0.29) is 11.8 Å². The number of benzene rings is 2. The van der Waals surface area contributed by atoms with Crippen LogP contribution in [0.3, 0.4) is 0 Å². The second-order valence-corrected chi connectivity index (χ2v) is 6.13. The van der Waals surface area contributed by atoms with Crippen LogP contribution in [0.4, 0.5) is 0 Å². The SMILES string of the molecule is COc1cccc(CCNC(=O)CCN(Cc2ccccc2)C(C)=O)c1. The first-order chi connectivity index (χ1) is 12.6. The van der Waals surface area contributed by atoms with Gasteiger partial charge >= 0.3 is 0 Å². The Labute approximate surface area is 155 Å². The lowest BCUT2D eigenvalue weighted by molar-refractivity contribution is -0.130. The summed E-state index contributed by atoms with van der Waals surface area (Å²) in [6.45, 7) is 3.02. The molecule has 0 aliphatic heterocycles. The Bertz CT molecular complexity index is 716. The van der Waals surface area contributed by atoms with Crippen molar-refractivity contribution in [3.63, 3.8) is 0 Å². The molecule has 0 heterocycles. The molecule has 0 aliphatic rings. The van der Waals surface area contributed by atoms with Crippen LogP contribution >= 0.6 is 0 Å². The van der Waals surface area contributed by atoms with E-state index in [1.54, 1.807) is 12.0 Å². The van der Waals surface area contributed by atoms with E-state index in [0.717, 1.165) is 23.3 Å². The lowest BCUT2D eigenvalue weighted by atomic mass is 10.1. The van der Waals surface area contributed by atoms with Crippen molar-refractivity contribution in [1.82, 2.24) is 10.2 Å². The Balaban J connectivity index is 1.74. The number of methoxy groups -OCH3 is 1. The average molecular weight is 354 g/mol. The summed E-state index contributed by atoms with van der Waals surface area (Å²) in [5.41, 5.74) is 2.17. The van der Waals surface area contributed by atoms with Crippen molar-refractivity contribution < 1.29 is 14.3 Å². The number of amides is 2. The first kappa shape index (κ1) is 19.5. The summed E-state index contributed by atoms with van der Waals surface area (Å²) in [6.07, 6.45) is 1.04. The summed E-state index contributed by atoms with van der Waals surface area (Å²) in [5, 5.41) is 2.91. The molecule has 0 aliphatic carbocycles. The fourth-order valence-corrected chi connectivity index (χ4v) is 2.65. The smallest absolute Gasteiger partial charge is 0.221 e. The van der Waals surface area contributed by atoms with Gasteiger partial charge in [-0.3, -0.25) is 9.59 Å². The highest BCUT2D eigenvalue weighted by Gasteiger charge is 2.11. The third-order valence-corrected chi connectivity index (χ3v) is 4.14. The number of hydrogen-bond acceptors (Lipinski definition) is 3. The summed E-state index contributed by atoms with van der Waals surface area (Å²) in [5.74, 6) is 0.733. The maximum Gasteiger partial charge on any atom is 0.221 e. The van der Waals surface area contributed by atoms with Gasteiger partial charge in [0.15, 0.2) is 0 Å². The first-order valence-electron chi connectivity index (χ1n) is 8.77. The molecular weight excluding hydrogens is 328 g/mol. The molecule has 2 aromatic carbocycles. The summed E-state index contributed by atoms with van der Waals surface area (Å²) < 4.78 is 5.19. The van der Waals surface area contributed by atoms with Crippen molar-refractivity contribution in [1.29, 1.82) is 0 Å². The molecule has 0 radical (unpaired) electrons. The van der Waals surface area contributed by atoms with Crippen LogP contribution in [0.1, 0.15) is 24.5 Å². The second-order valence-electron chi connectivity index (χ2n) is 6.13. The predicted molar refractivity (Wildman–Crippen MR) is 102 cm³/mol. The largest absolute Gasteiger partial charge is 0.497 e. The van der Waals surface area contributed by atoms with Gasteiger partial charge in [0.05, 0.1) is 7.11 Å². The number of carbonyl (C=O) groups is 2. The lowest BCUT2D eigenvalue weighted by Crippen LogP contribution is -2.34. The second kappa shape index (κ2) is 10.2. The van der Waals surface area contributed by atoms with E-state index in [1.807, 2.05) is 54.6 Å². The average Bonchev–Trinajstić information content (AvgIpc) is 2.66. The molecule has 5 nitrogen and oxygen atoms in total. The molecule has 0 atom stereocenters. The van der Waals surface area contributed by atoms with Gasteiger partial charge in [0, 0.05) is 33.0 Å². The molecule has 0 fully saturated rings. The number of nitrogens with zero attached hydrogens (tertiary/aromatic N) is 1. The topological polar surface area (TPSA) is 58.6 Å². The van der Waals surface area contributed by atoms with Crippen molar-refractivity contribution in [2.75, 3.05) is 20.2 Å². The van der Waals surface area contributed by atoms with Crippen LogP contribution in [-0.4, -0.2) is 36.9 Å². The third-order valence-electron chi connectivity index (χ3n) is 4.14. The number of hydrogen-bond donors (Lipinski definition) is 1. The van der Waals surface area contributed by atoms with E-state index in [1.165, 1.54) is 6.92 Å². The van der Waals surface area contributed by atoms with E-state index in [4.69, 9.17) is 4.74 Å².